The molecule has 0 unspecified atom stereocenters. The van der Waals surface area contributed by atoms with Gasteiger partial charge in [-0.15, -0.1) is 0 Å². The summed E-state index contributed by atoms with van der Waals surface area (Å²) in [6.45, 7) is 0.952. The van der Waals surface area contributed by atoms with Crippen molar-refractivity contribution in [3.05, 3.63) is 127 Å². The molecule has 2 atom stereocenters. The Hall–Kier alpha value is -6.95. The van der Waals surface area contributed by atoms with Crippen molar-refractivity contribution in [1.29, 1.82) is 0 Å². The molecule has 2 aliphatic heterocycles. The number of fused-ring (bicyclic) bond motifs is 2. The fourth-order valence-corrected chi connectivity index (χ4v) is 7.43. The van der Waals surface area contributed by atoms with Crippen LogP contribution in [0.3, 0.4) is 0 Å². The van der Waals surface area contributed by atoms with E-state index in [9.17, 15) is 19.2 Å². The van der Waals surface area contributed by atoms with Crippen molar-refractivity contribution in [3.8, 4) is 22.8 Å². The van der Waals surface area contributed by atoms with Crippen molar-refractivity contribution in [2.75, 3.05) is 23.7 Å². The summed E-state index contributed by atoms with van der Waals surface area (Å²) in [6.07, 6.45) is 4.20. The van der Waals surface area contributed by atoms with Gasteiger partial charge in [0, 0.05) is 46.4 Å². The van der Waals surface area contributed by atoms with Gasteiger partial charge in [0.15, 0.2) is 17.3 Å². The Kier molecular flexibility index (Phi) is 8.69. The van der Waals surface area contributed by atoms with E-state index >= 15 is 0 Å². The van der Waals surface area contributed by atoms with Crippen LogP contribution in [0.25, 0.3) is 44.7 Å². The minimum absolute atomic E-state index is 0.222. The van der Waals surface area contributed by atoms with Crippen molar-refractivity contribution in [3.63, 3.8) is 0 Å². The average Bonchev–Trinajstić information content (AvgIpc) is 4.07. The molecule has 0 aliphatic carbocycles. The van der Waals surface area contributed by atoms with E-state index in [0.717, 1.165) is 29.2 Å². The highest BCUT2D eigenvalue weighted by atomic mass is 16.4. The van der Waals surface area contributed by atoms with Gasteiger partial charge in [-0.25, -0.2) is 4.98 Å². The van der Waals surface area contributed by atoms with Gasteiger partial charge in [0.1, 0.15) is 23.2 Å². The zero-order chi connectivity index (χ0) is 37.5. The number of amides is 4. The molecule has 0 bridgehead atoms. The molecule has 4 amide bonds. The van der Waals surface area contributed by atoms with Crippen LogP contribution in [0.15, 0.2) is 129 Å². The summed E-state index contributed by atoms with van der Waals surface area (Å²) in [4.78, 5) is 60.8. The Morgan fingerprint density at radius 3 is 1.55 bits per heavy atom. The molecule has 12 heteroatoms. The van der Waals surface area contributed by atoms with Gasteiger partial charge in [0.2, 0.25) is 17.7 Å². The molecule has 0 spiro atoms. The number of likely N-dealkylation sites (tertiary alicyclic amines) is 2. The maximum absolute atomic E-state index is 13.3. The summed E-state index contributed by atoms with van der Waals surface area (Å²) in [6, 6.07) is 31.5. The van der Waals surface area contributed by atoms with Crippen LogP contribution >= 0.6 is 0 Å². The number of hydrogen-bond donors (Lipinski definition) is 2. The van der Waals surface area contributed by atoms with Gasteiger partial charge >= 0.3 is 0 Å². The Balaban J connectivity index is 0.808. The van der Waals surface area contributed by atoms with Gasteiger partial charge in [-0.3, -0.25) is 19.2 Å². The lowest BCUT2D eigenvalue weighted by Crippen LogP contribution is -2.43. The molecule has 3 aromatic heterocycles. The number of oxazole rings is 1. The molecule has 0 radical (unpaired) electrons. The van der Waals surface area contributed by atoms with Crippen LogP contribution in [0.1, 0.15) is 46.8 Å². The lowest BCUT2D eigenvalue weighted by atomic mass is 10.1. The largest absolute Gasteiger partial charge is 0.451 e. The second-order valence-electron chi connectivity index (χ2n) is 13.8. The molecule has 2 N–H and O–H groups in total. The number of rotatable bonds is 8. The number of benzene rings is 4. The Morgan fingerprint density at radius 1 is 0.582 bits per heavy atom. The molecule has 7 aromatic rings. The van der Waals surface area contributed by atoms with Gasteiger partial charge in [-0.05, 0) is 98.5 Å². The van der Waals surface area contributed by atoms with Crippen molar-refractivity contribution in [2.24, 2.45) is 0 Å². The van der Waals surface area contributed by atoms with Gasteiger partial charge < -0.3 is 33.7 Å². The fourth-order valence-electron chi connectivity index (χ4n) is 7.43. The SMILES string of the molecule is O=C(Nc1ccc(-c2cnc(-c3ccc(NC(=O)[C@@H]4CCCN4C(=O)c4cc5ccccc5o4)cc3)o2)cc1)[C@@H]1CCCN1C(=O)c1cc2ccccc2o1. The molecule has 2 saturated heterocycles. The minimum Gasteiger partial charge on any atom is -0.451 e. The first-order chi connectivity index (χ1) is 26.9. The van der Waals surface area contributed by atoms with Crippen LogP contribution in [-0.2, 0) is 9.59 Å². The lowest BCUT2D eigenvalue weighted by molar-refractivity contribution is -0.120. The maximum Gasteiger partial charge on any atom is 0.290 e. The number of aromatic nitrogens is 1. The number of nitrogens with zero attached hydrogens (tertiary/aromatic N) is 3. The monoisotopic (exact) mass is 733 g/mol. The van der Waals surface area contributed by atoms with Crippen LogP contribution < -0.4 is 10.6 Å². The van der Waals surface area contributed by atoms with Gasteiger partial charge in [-0.1, -0.05) is 36.4 Å². The highest BCUT2D eigenvalue weighted by Crippen LogP contribution is 2.30. The lowest BCUT2D eigenvalue weighted by Gasteiger charge is -2.23. The highest BCUT2D eigenvalue weighted by Gasteiger charge is 2.37. The number of nitrogens with one attached hydrogen (secondary N) is 2. The second kappa shape index (κ2) is 14.1. The van der Waals surface area contributed by atoms with Gasteiger partial charge in [0.05, 0.1) is 6.20 Å². The number of carbonyl (C=O) groups is 4. The Bertz CT molecular complexity index is 2330. The van der Waals surface area contributed by atoms with E-state index in [1.807, 2.05) is 60.7 Å². The van der Waals surface area contributed by atoms with Crippen LogP contribution in [0.4, 0.5) is 11.4 Å². The Labute approximate surface area is 314 Å². The molecule has 2 fully saturated rings. The molecular weight excluding hydrogens is 699 g/mol. The quantitative estimate of drug-likeness (QED) is 0.160. The third-order valence-electron chi connectivity index (χ3n) is 10.2. The predicted molar refractivity (Wildman–Crippen MR) is 205 cm³/mol. The minimum atomic E-state index is -0.607. The van der Waals surface area contributed by atoms with Crippen LogP contribution in [0, 0.1) is 0 Å². The smallest absolute Gasteiger partial charge is 0.290 e. The van der Waals surface area contributed by atoms with E-state index in [1.54, 1.807) is 64.5 Å². The third-order valence-corrected chi connectivity index (χ3v) is 10.2. The van der Waals surface area contributed by atoms with Crippen molar-refractivity contribution in [2.45, 2.75) is 37.8 Å². The number of para-hydroxylation sites is 2. The number of carbonyl (C=O) groups excluding carboxylic acids is 4. The highest BCUT2D eigenvalue weighted by molar-refractivity contribution is 6.03. The molecular formula is C43H35N5O7. The molecule has 12 nitrogen and oxygen atoms in total. The topological polar surface area (TPSA) is 151 Å². The zero-order valence-corrected chi connectivity index (χ0v) is 29.6. The summed E-state index contributed by atoms with van der Waals surface area (Å²) in [5.41, 5.74) is 3.92. The van der Waals surface area contributed by atoms with Crippen LogP contribution in [0.2, 0.25) is 0 Å². The fraction of sp³-hybridized carbons (Fsp3) is 0.186. The van der Waals surface area contributed by atoms with Gasteiger partial charge in [-0.2, -0.15) is 0 Å². The van der Waals surface area contributed by atoms with E-state index in [0.29, 0.717) is 65.7 Å². The number of anilines is 2. The van der Waals surface area contributed by atoms with Crippen LogP contribution in [-0.4, -0.2) is 63.6 Å². The molecule has 5 heterocycles. The standard InChI is InChI=1S/C43H35N5O7/c49-39(32-9-5-21-47(32)42(51)36-23-28-7-1-3-11-34(28)53-36)45-30-17-13-26(14-18-30)38-25-44-41(55-38)27-15-19-31(20-16-27)46-40(50)33-10-6-22-48(33)43(52)37-24-29-8-2-4-12-35(29)54-37/h1-4,7-8,11-20,23-25,32-33H,5-6,9-10,21-22H2,(H,45,49)(H,46,50)/t32-,33-/m0/s1. The maximum atomic E-state index is 13.3. The molecule has 2 aliphatic rings. The molecule has 9 rings (SSSR count). The first kappa shape index (κ1) is 33.9. The van der Waals surface area contributed by atoms with E-state index < -0.39 is 12.1 Å². The molecule has 274 valence electrons. The summed E-state index contributed by atoms with van der Waals surface area (Å²) < 4.78 is 17.6. The first-order valence-electron chi connectivity index (χ1n) is 18.3. The van der Waals surface area contributed by atoms with Crippen molar-refractivity contribution >= 4 is 56.9 Å². The average molecular weight is 734 g/mol. The van der Waals surface area contributed by atoms with E-state index in [-0.39, 0.29) is 35.1 Å². The van der Waals surface area contributed by atoms with Gasteiger partial charge in [0.25, 0.3) is 11.8 Å². The Morgan fingerprint density at radius 2 is 1.05 bits per heavy atom. The zero-order valence-electron chi connectivity index (χ0n) is 29.6. The molecule has 4 aromatic carbocycles. The third kappa shape index (κ3) is 6.63. The van der Waals surface area contributed by atoms with E-state index in [4.69, 9.17) is 13.3 Å². The molecule has 0 saturated carbocycles. The normalized spacial score (nSPS) is 16.9. The van der Waals surface area contributed by atoms with Crippen molar-refractivity contribution < 1.29 is 32.4 Å². The predicted octanol–water partition coefficient (Wildman–Crippen LogP) is 7.99. The second-order valence-corrected chi connectivity index (χ2v) is 13.8. The summed E-state index contributed by atoms with van der Waals surface area (Å²) >= 11 is 0. The summed E-state index contributed by atoms with van der Waals surface area (Å²) in [5.74, 6) is 0.275. The van der Waals surface area contributed by atoms with E-state index in [1.165, 1.54) is 0 Å². The number of hydrogen-bond acceptors (Lipinski definition) is 8. The molecule has 55 heavy (non-hydrogen) atoms. The van der Waals surface area contributed by atoms with Crippen molar-refractivity contribution in [1.82, 2.24) is 14.8 Å². The summed E-state index contributed by atoms with van der Waals surface area (Å²) in [5, 5.41) is 7.57. The van der Waals surface area contributed by atoms with Crippen LogP contribution in [0.5, 0.6) is 0 Å². The first-order valence-corrected chi connectivity index (χ1v) is 18.3. The summed E-state index contributed by atoms with van der Waals surface area (Å²) in [7, 11) is 0. The number of furan rings is 2. The van der Waals surface area contributed by atoms with E-state index in [2.05, 4.69) is 15.6 Å².